The van der Waals surface area contributed by atoms with Gasteiger partial charge in [-0.3, -0.25) is 13.6 Å². The van der Waals surface area contributed by atoms with Crippen LogP contribution >= 0.6 is 7.82 Å². The van der Waals surface area contributed by atoms with Gasteiger partial charge in [-0.05, 0) is 12.5 Å². The Morgan fingerprint density at radius 1 is 1.26 bits per heavy atom. The van der Waals surface area contributed by atoms with Gasteiger partial charge in [-0.15, -0.1) is 0 Å². The summed E-state index contributed by atoms with van der Waals surface area (Å²) in [7, 11) is -4.20. The number of fused-ring (bicyclic) bond motifs is 2. The molecule has 4 heterocycles. The van der Waals surface area contributed by atoms with E-state index < -0.39 is 32.4 Å². The van der Waals surface area contributed by atoms with Crippen molar-refractivity contribution in [1.82, 2.24) is 19.5 Å². The van der Waals surface area contributed by atoms with E-state index in [9.17, 15) is 14.6 Å². The topological polar surface area (TPSA) is 132 Å². The zero-order valence-electron chi connectivity index (χ0n) is 16.7. The summed E-state index contributed by atoms with van der Waals surface area (Å²) in [6.45, 7) is 3.24. The second kappa shape index (κ2) is 7.94. The molecule has 0 saturated carbocycles. The molecule has 0 aliphatic carbocycles. The molecule has 0 spiro atoms. The van der Waals surface area contributed by atoms with Crippen LogP contribution in [0, 0.1) is 0 Å². The molecular formula is C19H22N5O6P. The van der Waals surface area contributed by atoms with E-state index in [0.717, 1.165) is 5.56 Å². The van der Waals surface area contributed by atoms with Crippen LogP contribution < -0.4 is 4.90 Å². The first kappa shape index (κ1) is 20.5. The molecular weight excluding hydrogens is 425 g/mol. The number of aliphatic hydroxyl groups excluding tert-OH is 1. The highest BCUT2D eigenvalue weighted by atomic mass is 31.2. The summed E-state index contributed by atoms with van der Waals surface area (Å²) in [5.74, 6) is 0.666. The number of ether oxygens (including phenoxy) is 1. The SMILES string of the molecule is CCN(Cc1ccccc1)c1ncnc2c1ncn2[C@@H]1O[C@@H]2COP(=O)(O)O[C@H]2[C@H]1O. The van der Waals surface area contributed by atoms with E-state index in [1.807, 2.05) is 37.3 Å². The van der Waals surface area contributed by atoms with Crippen molar-refractivity contribution in [3.05, 3.63) is 48.5 Å². The number of hydrogen-bond acceptors (Lipinski definition) is 9. The fourth-order valence-corrected chi connectivity index (χ4v) is 4.93. The first-order chi connectivity index (χ1) is 15.0. The Balaban J connectivity index is 1.46. The molecule has 164 valence electrons. The van der Waals surface area contributed by atoms with E-state index in [2.05, 4.69) is 19.9 Å². The van der Waals surface area contributed by atoms with E-state index in [-0.39, 0.29) is 6.61 Å². The van der Waals surface area contributed by atoms with Crippen LogP contribution in [0.5, 0.6) is 0 Å². The maximum absolute atomic E-state index is 11.7. The summed E-state index contributed by atoms with van der Waals surface area (Å²) >= 11 is 0. The zero-order valence-corrected chi connectivity index (χ0v) is 17.6. The van der Waals surface area contributed by atoms with Crippen molar-refractivity contribution in [1.29, 1.82) is 0 Å². The third-order valence-corrected chi connectivity index (χ3v) is 6.46. The Morgan fingerprint density at radius 2 is 2.06 bits per heavy atom. The van der Waals surface area contributed by atoms with Crippen LogP contribution in [0.1, 0.15) is 18.7 Å². The Morgan fingerprint density at radius 3 is 2.84 bits per heavy atom. The van der Waals surface area contributed by atoms with Crippen LogP contribution in [0.3, 0.4) is 0 Å². The highest BCUT2D eigenvalue weighted by Crippen LogP contribution is 2.52. The molecule has 2 aromatic heterocycles. The Hall–Kier alpha value is -2.40. The molecule has 1 unspecified atom stereocenters. The highest BCUT2D eigenvalue weighted by molar-refractivity contribution is 7.47. The van der Waals surface area contributed by atoms with Gasteiger partial charge in [-0.25, -0.2) is 19.5 Å². The minimum absolute atomic E-state index is 0.153. The van der Waals surface area contributed by atoms with E-state index in [1.54, 1.807) is 4.57 Å². The minimum Gasteiger partial charge on any atom is -0.386 e. The number of phosphoric ester groups is 1. The average molecular weight is 447 g/mol. The van der Waals surface area contributed by atoms with Gasteiger partial charge in [0.25, 0.3) is 0 Å². The summed E-state index contributed by atoms with van der Waals surface area (Å²) in [6, 6.07) is 10.0. The quantitative estimate of drug-likeness (QED) is 0.556. The largest absolute Gasteiger partial charge is 0.472 e. The molecule has 1 aromatic carbocycles. The summed E-state index contributed by atoms with van der Waals surface area (Å²) in [4.78, 5) is 24.9. The molecule has 31 heavy (non-hydrogen) atoms. The van der Waals surface area contributed by atoms with Gasteiger partial charge in [-0.1, -0.05) is 30.3 Å². The van der Waals surface area contributed by atoms with Gasteiger partial charge >= 0.3 is 7.82 Å². The van der Waals surface area contributed by atoms with Gasteiger partial charge in [0.05, 0.1) is 12.9 Å². The van der Waals surface area contributed by atoms with Crippen molar-refractivity contribution in [2.45, 2.75) is 38.0 Å². The zero-order chi connectivity index (χ0) is 21.6. The highest BCUT2D eigenvalue weighted by Gasteiger charge is 2.52. The van der Waals surface area contributed by atoms with Crippen LogP contribution in [-0.4, -0.2) is 61.0 Å². The van der Waals surface area contributed by atoms with Crippen LogP contribution in [0.2, 0.25) is 0 Å². The van der Waals surface area contributed by atoms with Crippen LogP contribution in [0.4, 0.5) is 5.82 Å². The number of rotatable bonds is 5. The Kier molecular flexibility index (Phi) is 5.25. The third kappa shape index (κ3) is 3.73. The molecule has 0 radical (unpaired) electrons. The molecule has 2 aliphatic rings. The standard InChI is InChI=1S/C19H22N5O6P/c1-2-23(8-12-6-4-3-5-7-12)17-14-18(21-10-20-17)24(11-22-14)19-15(25)16-13(29-19)9-28-31(26,27)30-16/h3-7,10-11,13,15-16,19,25H,2,8-9H2,1H3,(H,26,27)/t13-,15-,16-,19-/m1/s1. The second-order valence-electron chi connectivity index (χ2n) is 7.41. The van der Waals surface area contributed by atoms with Gasteiger partial charge in [0.1, 0.15) is 24.6 Å². The average Bonchev–Trinajstić information content (AvgIpc) is 3.33. The van der Waals surface area contributed by atoms with Crippen LogP contribution in [0.15, 0.2) is 43.0 Å². The third-order valence-electron chi connectivity index (χ3n) is 5.48. The Labute approximate surface area is 177 Å². The van der Waals surface area contributed by atoms with E-state index in [4.69, 9.17) is 13.8 Å². The molecule has 2 N–H and O–H groups in total. The number of anilines is 1. The van der Waals surface area contributed by atoms with Gasteiger partial charge in [0.15, 0.2) is 23.2 Å². The van der Waals surface area contributed by atoms with Crippen LogP contribution in [-0.2, 0) is 24.9 Å². The number of aliphatic hydroxyl groups is 1. The molecule has 5 rings (SSSR count). The lowest BCUT2D eigenvalue weighted by molar-refractivity contribution is -0.0664. The Bertz CT molecular complexity index is 1130. The number of imidazole rings is 1. The first-order valence-corrected chi connectivity index (χ1v) is 11.4. The number of nitrogens with zero attached hydrogens (tertiary/aromatic N) is 5. The lowest BCUT2D eigenvalue weighted by atomic mass is 10.1. The van der Waals surface area contributed by atoms with Crippen molar-refractivity contribution < 1.29 is 28.3 Å². The van der Waals surface area contributed by atoms with Gasteiger partial charge < -0.3 is 19.6 Å². The molecule has 5 atom stereocenters. The molecule has 2 fully saturated rings. The molecule has 12 heteroatoms. The number of aromatic nitrogens is 4. The summed E-state index contributed by atoms with van der Waals surface area (Å²) in [6.07, 6.45) is -0.800. The molecule has 0 amide bonds. The minimum atomic E-state index is -4.20. The maximum atomic E-state index is 11.7. The summed E-state index contributed by atoms with van der Waals surface area (Å²) in [5.41, 5.74) is 2.18. The first-order valence-electron chi connectivity index (χ1n) is 9.92. The molecule has 3 aromatic rings. The maximum Gasteiger partial charge on any atom is 0.472 e. The number of phosphoric acid groups is 1. The van der Waals surface area contributed by atoms with Crippen molar-refractivity contribution >= 4 is 24.8 Å². The van der Waals surface area contributed by atoms with E-state index in [0.29, 0.717) is 30.1 Å². The fourth-order valence-electron chi connectivity index (χ4n) is 3.96. The molecule has 2 aliphatic heterocycles. The molecule has 2 saturated heterocycles. The van der Waals surface area contributed by atoms with Crippen molar-refractivity contribution in [3.8, 4) is 0 Å². The van der Waals surface area contributed by atoms with Crippen molar-refractivity contribution in [3.63, 3.8) is 0 Å². The smallest absolute Gasteiger partial charge is 0.386 e. The monoisotopic (exact) mass is 447 g/mol. The van der Waals surface area contributed by atoms with Gasteiger partial charge in [0.2, 0.25) is 0 Å². The molecule has 0 bridgehead atoms. The number of hydrogen-bond donors (Lipinski definition) is 2. The second-order valence-corrected chi connectivity index (χ2v) is 8.82. The van der Waals surface area contributed by atoms with E-state index in [1.165, 1.54) is 12.7 Å². The van der Waals surface area contributed by atoms with Gasteiger partial charge in [-0.2, -0.15) is 0 Å². The predicted molar refractivity (Wildman–Crippen MR) is 109 cm³/mol. The van der Waals surface area contributed by atoms with Crippen molar-refractivity contribution in [2.75, 3.05) is 18.1 Å². The predicted octanol–water partition coefficient (Wildman–Crippen LogP) is 1.63. The van der Waals surface area contributed by atoms with Crippen LogP contribution in [0.25, 0.3) is 11.2 Å². The summed E-state index contributed by atoms with van der Waals surface area (Å²) in [5, 5.41) is 10.7. The lowest BCUT2D eigenvalue weighted by Gasteiger charge is -2.27. The van der Waals surface area contributed by atoms with E-state index >= 15 is 0 Å². The summed E-state index contributed by atoms with van der Waals surface area (Å²) < 4.78 is 29.0. The van der Waals surface area contributed by atoms with Gasteiger partial charge in [0, 0.05) is 13.1 Å². The molecule has 11 nitrogen and oxygen atoms in total. The lowest BCUT2D eigenvalue weighted by Crippen LogP contribution is -2.39. The fraction of sp³-hybridized carbons (Fsp3) is 0.421. The normalized spacial score (nSPS) is 30.4. The van der Waals surface area contributed by atoms with Crippen molar-refractivity contribution in [2.24, 2.45) is 0 Å². The number of benzene rings is 1.